The Morgan fingerprint density at radius 3 is 2.64 bits per heavy atom. The fourth-order valence-electron chi connectivity index (χ4n) is 3.86. The monoisotopic (exact) mass is 152 g/mol. The van der Waals surface area contributed by atoms with Crippen molar-refractivity contribution in [3.8, 4) is 0 Å². The van der Waals surface area contributed by atoms with Crippen LogP contribution in [0.3, 0.4) is 0 Å². The lowest BCUT2D eigenvalue weighted by molar-refractivity contribution is 0.0877. The van der Waals surface area contributed by atoms with Gasteiger partial charge in [0, 0.05) is 0 Å². The molecule has 3 saturated carbocycles. The first kappa shape index (κ1) is 6.47. The van der Waals surface area contributed by atoms with Crippen LogP contribution >= 0.6 is 0 Å². The Labute approximate surface area is 67.8 Å². The number of aliphatic hydroxyl groups excluding tert-OH is 1. The highest BCUT2D eigenvalue weighted by atomic mass is 16.3. The van der Waals surface area contributed by atoms with Crippen LogP contribution in [0.4, 0.5) is 0 Å². The molecule has 3 fully saturated rings. The third-order valence-corrected chi connectivity index (χ3v) is 4.31. The summed E-state index contributed by atoms with van der Waals surface area (Å²) in [5.41, 5.74) is 0. The summed E-state index contributed by atoms with van der Waals surface area (Å²) in [6, 6.07) is 0. The quantitative estimate of drug-likeness (QED) is 0.561. The minimum absolute atomic E-state index is 0.0903. The van der Waals surface area contributed by atoms with Crippen molar-refractivity contribution in [1.82, 2.24) is 0 Å². The number of fused-ring (bicyclic) bond motifs is 2. The van der Waals surface area contributed by atoms with Gasteiger partial charge >= 0.3 is 0 Å². The molecule has 0 aliphatic heterocycles. The van der Waals surface area contributed by atoms with Gasteiger partial charge in [-0.1, -0.05) is 6.42 Å². The normalized spacial score (nSPS) is 60.3. The summed E-state index contributed by atoms with van der Waals surface area (Å²) in [5, 5.41) is 9.89. The average Bonchev–Trinajstić information content (AvgIpc) is 2.14. The van der Waals surface area contributed by atoms with Gasteiger partial charge in [-0.2, -0.15) is 0 Å². The van der Waals surface area contributed by atoms with Crippen LogP contribution in [-0.4, -0.2) is 11.2 Å². The Morgan fingerprint density at radius 1 is 0.909 bits per heavy atom. The van der Waals surface area contributed by atoms with Crippen molar-refractivity contribution in [3.05, 3.63) is 0 Å². The molecule has 1 nitrogen and oxygen atoms in total. The lowest BCUT2D eigenvalue weighted by atomic mass is 9.72. The summed E-state index contributed by atoms with van der Waals surface area (Å²) < 4.78 is 0. The van der Waals surface area contributed by atoms with Crippen molar-refractivity contribution >= 4 is 0 Å². The summed E-state index contributed by atoms with van der Waals surface area (Å²) in [6.07, 6.45) is 6.96. The predicted octanol–water partition coefficient (Wildman–Crippen LogP) is 1.80. The summed E-state index contributed by atoms with van der Waals surface area (Å²) in [4.78, 5) is 0. The minimum atomic E-state index is 0.0903. The maximum absolute atomic E-state index is 9.89. The van der Waals surface area contributed by atoms with Crippen LogP contribution in [0.1, 0.15) is 32.1 Å². The summed E-state index contributed by atoms with van der Waals surface area (Å²) in [6.45, 7) is 0. The highest BCUT2D eigenvalue weighted by molar-refractivity contribution is 4.99. The van der Waals surface area contributed by atoms with Crippen molar-refractivity contribution in [2.24, 2.45) is 23.7 Å². The molecular formula is C10H16O. The van der Waals surface area contributed by atoms with Gasteiger partial charge in [0.15, 0.2) is 0 Å². The molecule has 0 radical (unpaired) electrons. The Morgan fingerprint density at radius 2 is 1.73 bits per heavy atom. The zero-order valence-electron chi connectivity index (χ0n) is 6.87. The van der Waals surface area contributed by atoms with Gasteiger partial charge in [-0.05, 0) is 49.4 Å². The van der Waals surface area contributed by atoms with E-state index in [1.807, 2.05) is 0 Å². The van der Waals surface area contributed by atoms with Gasteiger partial charge in [0.05, 0.1) is 6.10 Å². The van der Waals surface area contributed by atoms with Gasteiger partial charge in [0.2, 0.25) is 0 Å². The fourth-order valence-corrected chi connectivity index (χ4v) is 3.86. The van der Waals surface area contributed by atoms with Gasteiger partial charge in [0.25, 0.3) is 0 Å². The molecular weight excluding hydrogens is 136 g/mol. The third-order valence-electron chi connectivity index (χ3n) is 4.31. The summed E-state index contributed by atoms with van der Waals surface area (Å²) in [5.74, 6) is 3.32. The van der Waals surface area contributed by atoms with Crippen LogP contribution in [0.15, 0.2) is 0 Å². The van der Waals surface area contributed by atoms with Gasteiger partial charge in [-0.25, -0.2) is 0 Å². The topological polar surface area (TPSA) is 20.2 Å². The number of hydrogen-bond acceptors (Lipinski definition) is 1. The maximum Gasteiger partial charge on any atom is 0.0599 e. The molecule has 3 bridgehead atoms. The van der Waals surface area contributed by atoms with Crippen molar-refractivity contribution in [2.75, 3.05) is 0 Å². The fraction of sp³-hybridized carbons (Fsp3) is 1.00. The zero-order valence-corrected chi connectivity index (χ0v) is 6.87. The van der Waals surface area contributed by atoms with Crippen LogP contribution in [0.5, 0.6) is 0 Å². The molecule has 0 heterocycles. The van der Waals surface area contributed by atoms with Gasteiger partial charge < -0.3 is 5.11 Å². The van der Waals surface area contributed by atoms with Crippen LogP contribution < -0.4 is 0 Å². The molecule has 4 unspecified atom stereocenters. The Kier molecular flexibility index (Phi) is 1.18. The first-order valence-corrected chi connectivity index (χ1v) is 5.02. The zero-order chi connectivity index (χ0) is 7.42. The molecule has 0 amide bonds. The molecule has 3 aliphatic rings. The number of hydrogen-bond donors (Lipinski definition) is 1. The molecule has 0 aromatic carbocycles. The molecule has 1 N–H and O–H groups in total. The third kappa shape index (κ3) is 0.752. The molecule has 0 saturated heterocycles. The van der Waals surface area contributed by atoms with Gasteiger partial charge in [-0.3, -0.25) is 0 Å². The largest absolute Gasteiger partial charge is 0.393 e. The summed E-state index contributed by atoms with van der Waals surface area (Å²) in [7, 11) is 0. The van der Waals surface area contributed by atoms with Gasteiger partial charge in [-0.15, -0.1) is 0 Å². The lowest BCUT2D eigenvalue weighted by Crippen LogP contribution is -2.23. The number of aliphatic hydroxyl groups is 1. The van der Waals surface area contributed by atoms with Crippen LogP contribution in [0.2, 0.25) is 0 Å². The maximum atomic E-state index is 9.89. The van der Waals surface area contributed by atoms with Gasteiger partial charge in [0.1, 0.15) is 0 Å². The van der Waals surface area contributed by atoms with Crippen LogP contribution in [0, 0.1) is 23.7 Å². The SMILES string of the molecule is O[C@@H]1C2CC3CCC1C(C3)C2. The van der Waals surface area contributed by atoms with E-state index in [1.54, 1.807) is 0 Å². The molecule has 5 atom stereocenters. The molecule has 11 heavy (non-hydrogen) atoms. The van der Waals surface area contributed by atoms with E-state index in [9.17, 15) is 5.11 Å². The number of rotatable bonds is 0. The highest BCUT2D eigenvalue weighted by Gasteiger charge is 2.49. The first-order valence-electron chi connectivity index (χ1n) is 5.02. The van der Waals surface area contributed by atoms with Crippen LogP contribution in [-0.2, 0) is 0 Å². The molecule has 3 rings (SSSR count). The van der Waals surface area contributed by atoms with E-state index in [0.29, 0.717) is 11.8 Å². The smallest absolute Gasteiger partial charge is 0.0599 e. The average molecular weight is 152 g/mol. The summed E-state index contributed by atoms with van der Waals surface area (Å²) >= 11 is 0. The van der Waals surface area contributed by atoms with E-state index < -0.39 is 0 Å². The minimum Gasteiger partial charge on any atom is -0.393 e. The molecule has 0 aromatic rings. The van der Waals surface area contributed by atoms with E-state index in [-0.39, 0.29) is 6.10 Å². The Balaban J connectivity index is 1.96. The first-order chi connectivity index (χ1) is 5.34. The lowest BCUT2D eigenvalue weighted by Gasteiger charge is -2.33. The molecule has 62 valence electrons. The predicted molar refractivity (Wildman–Crippen MR) is 43.1 cm³/mol. The molecule has 1 heteroatoms. The van der Waals surface area contributed by atoms with Crippen molar-refractivity contribution in [2.45, 2.75) is 38.2 Å². The second-order valence-electron chi connectivity index (χ2n) is 4.83. The second-order valence-corrected chi connectivity index (χ2v) is 4.83. The van der Waals surface area contributed by atoms with E-state index in [2.05, 4.69) is 0 Å². The van der Waals surface area contributed by atoms with E-state index in [1.165, 1.54) is 32.1 Å². The highest BCUT2D eigenvalue weighted by Crippen LogP contribution is 2.54. The van der Waals surface area contributed by atoms with Crippen molar-refractivity contribution < 1.29 is 5.11 Å². The molecule has 0 spiro atoms. The Hall–Kier alpha value is -0.0400. The molecule has 0 aromatic heterocycles. The molecule has 3 aliphatic carbocycles. The van der Waals surface area contributed by atoms with E-state index in [4.69, 9.17) is 0 Å². The van der Waals surface area contributed by atoms with Crippen molar-refractivity contribution in [3.63, 3.8) is 0 Å². The standard InChI is InChI=1S/C10H16O/c11-10-8-4-6-1-2-9(10)7(3-6)5-8/h6-11H,1-5H2/t6?,7?,8?,9?,10-/m1/s1. The van der Waals surface area contributed by atoms with E-state index >= 15 is 0 Å². The Bertz CT molecular complexity index is 174. The van der Waals surface area contributed by atoms with E-state index in [0.717, 1.165) is 11.8 Å². The second kappa shape index (κ2) is 2.01. The van der Waals surface area contributed by atoms with Crippen LogP contribution in [0.25, 0.3) is 0 Å². The van der Waals surface area contributed by atoms with Crippen molar-refractivity contribution in [1.29, 1.82) is 0 Å².